The second-order valence-electron chi connectivity index (χ2n) is 3.72. The van der Waals surface area contributed by atoms with Crippen molar-refractivity contribution in [2.45, 2.75) is 6.61 Å². The van der Waals surface area contributed by atoms with Gasteiger partial charge in [-0.05, 0) is 23.8 Å². The van der Waals surface area contributed by atoms with E-state index in [9.17, 15) is 0 Å². The third-order valence-corrected chi connectivity index (χ3v) is 3.43. The van der Waals surface area contributed by atoms with Crippen LogP contribution in [0, 0.1) is 22.7 Å². The summed E-state index contributed by atoms with van der Waals surface area (Å²) in [7, 11) is 0. The first-order valence-corrected chi connectivity index (χ1v) is 6.75. The number of rotatable bonds is 4. The van der Waals surface area contributed by atoms with Gasteiger partial charge in [0.25, 0.3) is 0 Å². The first-order valence-electron chi connectivity index (χ1n) is 5.56. The van der Waals surface area contributed by atoms with Gasteiger partial charge in [-0.3, -0.25) is 0 Å². The molecule has 0 aliphatic carbocycles. The molecule has 0 aliphatic rings. The van der Waals surface area contributed by atoms with E-state index in [1.807, 2.05) is 12.1 Å². The maximum absolute atomic E-state index is 8.67. The summed E-state index contributed by atoms with van der Waals surface area (Å²) in [5.74, 6) is 0.696. The van der Waals surface area contributed by atoms with Gasteiger partial charge in [-0.2, -0.15) is 10.5 Å². The molecule has 0 amide bonds. The largest absolute Gasteiger partial charge is 0.488 e. The van der Waals surface area contributed by atoms with E-state index in [1.165, 1.54) is 17.4 Å². The van der Waals surface area contributed by atoms with Crippen LogP contribution in [0.3, 0.4) is 0 Å². The molecule has 20 heavy (non-hydrogen) atoms. The normalized spacial score (nSPS) is 9.35. The van der Waals surface area contributed by atoms with Crippen LogP contribution in [0.25, 0.3) is 6.08 Å². The summed E-state index contributed by atoms with van der Waals surface area (Å²) in [4.78, 5) is 4.87. The lowest BCUT2D eigenvalue weighted by Gasteiger charge is -2.04. The maximum atomic E-state index is 8.67. The smallest absolute Gasteiger partial charge is 0.183 e. The van der Waals surface area contributed by atoms with Crippen LogP contribution >= 0.6 is 22.9 Å². The van der Waals surface area contributed by atoms with E-state index < -0.39 is 0 Å². The number of hydrogen-bond acceptors (Lipinski definition) is 5. The number of ether oxygens (including phenoxy) is 1. The van der Waals surface area contributed by atoms with Crippen molar-refractivity contribution >= 4 is 29.0 Å². The molecule has 0 aliphatic heterocycles. The molecule has 0 atom stereocenters. The van der Waals surface area contributed by atoms with Crippen molar-refractivity contribution < 1.29 is 4.74 Å². The zero-order valence-corrected chi connectivity index (χ0v) is 11.8. The van der Waals surface area contributed by atoms with E-state index in [4.69, 9.17) is 26.9 Å². The average Bonchev–Trinajstić information content (AvgIpc) is 2.89. The molecule has 98 valence electrons. The van der Waals surface area contributed by atoms with Crippen molar-refractivity contribution in [2.75, 3.05) is 0 Å². The lowest BCUT2D eigenvalue weighted by molar-refractivity contribution is 0.309. The van der Waals surface area contributed by atoms with Crippen molar-refractivity contribution in [2.24, 2.45) is 0 Å². The van der Waals surface area contributed by atoms with Gasteiger partial charge in [0.1, 0.15) is 30.1 Å². The zero-order chi connectivity index (χ0) is 14.4. The number of halogens is 1. The second-order valence-corrected chi connectivity index (χ2v) is 5.42. The monoisotopic (exact) mass is 301 g/mol. The quantitative estimate of drug-likeness (QED) is 0.805. The Morgan fingerprint density at radius 2 is 2.00 bits per heavy atom. The number of benzene rings is 1. The van der Waals surface area contributed by atoms with Crippen LogP contribution in [0.4, 0.5) is 0 Å². The predicted octanol–water partition coefficient (Wildman–Crippen LogP) is 3.81. The zero-order valence-electron chi connectivity index (χ0n) is 10.2. The van der Waals surface area contributed by atoms with Crippen molar-refractivity contribution in [3.8, 4) is 17.9 Å². The van der Waals surface area contributed by atoms with Crippen LogP contribution < -0.4 is 4.74 Å². The summed E-state index contributed by atoms with van der Waals surface area (Å²) < 4.78 is 6.07. The third kappa shape index (κ3) is 3.83. The number of nitriles is 2. The summed E-state index contributed by atoms with van der Waals surface area (Å²) in [6, 6.07) is 10.7. The van der Waals surface area contributed by atoms with Gasteiger partial charge in [0, 0.05) is 6.20 Å². The summed E-state index contributed by atoms with van der Waals surface area (Å²) in [5.41, 5.74) is 0.842. The van der Waals surface area contributed by atoms with E-state index in [0.717, 1.165) is 10.4 Å². The second kappa shape index (κ2) is 6.72. The summed E-state index contributed by atoms with van der Waals surface area (Å²) in [5, 5.41) is 17.3. The Morgan fingerprint density at radius 3 is 2.55 bits per heavy atom. The van der Waals surface area contributed by atoms with Crippen LogP contribution in [-0.4, -0.2) is 4.98 Å². The van der Waals surface area contributed by atoms with E-state index >= 15 is 0 Å². The molecule has 4 nitrogen and oxygen atoms in total. The molecule has 0 spiro atoms. The molecule has 6 heteroatoms. The Bertz CT molecular complexity index is 691. The van der Waals surface area contributed by atoms with E-state index in [1.54, 1.807) is 30.5 Å². The Kier molecular flexibility index (Phi) is 4.73. The highest BCUT2D eigenvalue weighted by Crippen LogP contribution is 2.20. The lowest BCUT2D eigenvalue weighted by atomic mass is 10.1. The molecule has 0 N–H and O–H groups in total. The highest BCUT2D eigenvalue weighted by atomic mass is 35.5. The summed E-state index contributed by atoms with van der Waals surface area (Å²) >= 11 is 7.10. The van der Waals surface area contributed by atoms with Crippen LogP contribution in [-0.2, 0) is 6.61 Å². The Hall–Kier alpha value is -2.34. The first-order chi connectivity index (χ1) is 9.71. The van der Waals surface area contributed by atoms with Gasteiger partial charge in [-0.15, -0.1) is 11.3 Å². The summed E-state index contributed by atoms with van der Waals surface area (Å²) in [6.45, 7) is 0.404. The fourth-order valence-corrected chi connectivity index (χ4v) is 2.31. The van der Waals surface area contributed by atoms with Crippen molar-refractivity contribution in [3.05, 3.63) is 50.9 Å². The lowest BCUT2D eigenvalue weighted by Crippen LogP contribution is -1.92. The molecule has 1 heterocycles. The molecule has 0 bridgehead atoms. The Labute approximate surface area is 125 Å². The minimum Gasteiger partial charge on any atom is -0.488 e. The molecule has 0 saturated heterocycles. The molecular formula is C14H8ClN3OS. The Balaban J connectivity index is 2.00. The Morgan fingerprint density at radius 1 is 1.30 bits per heavy atom. The van der Waals surface area contributed by atoms with Gasteiger partial charge in [0.2, 0.25) is 0 Å². The van der Waals surface area contributed by atoms with Gasteiger partial charge in [0.05, 0.1) is 4.88 Å². The SMILES string of the molecule is N#CC(C#N)=Cc1ccc(OCc2cnc(Cl)s2)cc1. The topological polar surface area (TPSA) is 69.7 Å². The molecule has 2 aromatic rings. The number of aromatic nitrogens is 1. The molecule has 1 aromatic carbocycles. The van der Waals surface area contributed by atoms with Gasteiger partial charge in [-0.25, -0.2) is 4.98 Å². The average molecular weight is 302 g/mol. The first kappa shape index (κ1) is 14.1. The minimum atomic E-state index is 0.0676. The molecule has 1 aromatic heterocycles. The minimum absolute atomic E-state index is 0.0676. The highest BCUT2D eigenvalue weighted by molar-refractivity contribution is 7.15. The molecule has 0 radical (unpaired) electrons. The number of hydrogen-bond donors (Lipinski definition) is 0. The molecule has 0 fully saturated rings. The van der Waals surface area contributed by atoms with Crippen molar-refractivity contribution in [1.82, 2.24) is 4.98 Å². The van der Waals surface area contributed by atoms with Gasteiger partial charge < -0.3 is 4.74 Å². The van der Waals surface area contributed by atoms with Gasteiger partial charge in [-0.1, -0.05) is 23.7 Å². The fraction of sp³-hybridized carbons (Fsp3) is 0.0714. The van der Waals surface area contributed by atoms with Crippen LogP contribution in [0.1, 0.15) is 10.4 Å². The number of nitrogens with zero attached hydrogens (tertiary/aromatic N) is 3. The van der Waals surface area contributed by atoms with Crippen LogP contribution in [0.15, 0.2) is 36.0 Å². The number of thiazole rings is 1. The van der Waals surface area contributed by atoms with E-state index in [2.05, 4.69) is 4.98 Å². The predicted molar refractivity (Wildman–Crippen MR) is 77.1 cm³/mol. The maximum Gasteiger partial charge on any atom is 0.183 e. The molecule has 2 rings (SSSR count). The van der Waals surface area contributed by atoms with Crippen molar-refractivity contribution in [1.29, 1.82) is 10.5 Å². The van der Waals surface area contributed by atoms with Crippen molar-refractivity contribution in [3.63, 3.8) is 0 Å². The van der Waals surface area contributed by atoms with E-state index in [-0.39, 0.29) is 5.57 Å². The highest BCUT2D eigenvalue weighted by Gasteiger charge is 2.01. The molecular weight excluding hydrogens is 294 g/mol. The third-order valence-electron chi connectivity index (χ3n) is 2.34. The van der Waals surface area contributed by atoms with Gasteiger partial charge in [0.15, 0.2) is 4.47 Å². The van der Waals surface area contributed by atoms with Gasteiger partial charge >= 0.3 is 0 Å². The standard InChI is InChI=1S/C14H8ClN3OS/c15-14-18-8-13(20-14)9-19-12-3-1-10(2-4-12)5-11(6-16)7-17/h1-5,8H,9H2. The van der Waals surface area contributed by atoms with E-state index in [0.29, 0.717) is 16.8 Å². The van der Waals surface area contributed by atoms with Crippen LogP contribution in [0.2, 0.25) is 4.47 Å². The van der Waals surface area contributed by atoms with Crippen LogP contribution in [0.5, 0.6) is 5.75 Å². The fourth-order valence-electron chi connectivity index (χ4n) is 1.42. The summed E-state index contributed by atoms with van der Waals surface area (Å²) in [6.07, 6.45) is 3.20. The number of allylic oxidation sites excluding steroid dienone is 1. The molecule has 0 unspecified atom stereocenters. The molecule has 0 saturated carbocycles.